The van der Waals surface area contributed by atoms with E-state index in [0.29, 0.717) is 13.2 Å². The van der Waals surface area contributed by atoms with Crippen molar-refractivity contribution in [2.24, 2.45) is 5.92 Å². The van der Waals surface area contributed by atoms with Crippen molar-refractivity contribution < 1.29 is 9.57 Å². The van der Waals surface area contributed by atoms with Crippen molar-refractivity contribution in [1.82, 2.24) is 5.06 Å². The number of ether oxygens (including phenoxy) is 1. The summed E-state index contributed by atoms with van der Waals surface area (Å²) in [6, 6.07) is 12.3. The molecule has 1 aromatic carbocycles. The molecule has 1 aromatic rings. The Balaban J connectivity index is 2.09. The van der Waals surface area contributed by atoms with Crippen LogP contribution < -0.4 is 0 Å². The molecule has 4 nitrogen and oxygen atoms in total. The second kappa shape index (κ2) is 8.89. The van der Waals surface area contributed by atoms with E-state index in [0.717, 1.165) is 31.4 Å². The Morgan fingerprint density at radius 1 is 1.41 bits per heavy atom. The van der Waals surface area contributed by atoms with E-state index in [9.17, 15) is 5.26 Å². The zero-order chi connectivity index (χ0) is 15.8. The summed E-state index contributed by atoms with van der Waals surface area (Å²) >= 11 is 0. The van der Waals surface area contributed by atoms with Gasteiger partial charge >= 0.3 is 0 Å². The third kappa shape index (κ3) is 4.81. The molecule has 1 fully saturated rings. The van der Waals surface area contributed by atoms with Crippen molar-refractivity contribution in [3.05, 3.63) is 35.9 Å². The molecule has 0 aliphatic carbocycles. The number of hydrogen-bond acceptors (Lipinski definition) is 4. The van der Waals surface area contributed by atoms with Crippen molar-refractivity contribution in [2.45, 2.75) is 51.8 Å². The lowest BCUT2D eigenvalue weighted by atomic mass is 9.99. The summed E-state index contributed by atoms with van der Waals surface area (Å²) in [6.45, 7) is 6.27. The van der Waals surface area contributed by atoms with Crippen LogP contribution in [0.2, 0.25) is 0 Å². The van der Waals surface area contributed by atoms with Crippen LogP contribution in [0.25, 0.3) is 0 Å². The molecule has 1 aliphatic heterocycles. The zero-order valence-corrected chi connectivity index (χ0v) is 13.6. The molecule has 0 aromatic heterocycles. The fourth-order valence-electron chi connectivity index (χ4n) is 2.65. The molecule has 0 radical (unpaired) electrons. The van der Waals surface area contributed by atoms with Crippen LogP contribution in [0.15, 0.2) is 30.3 Å². The van der Waals surface area contributed by atoms with Crippen LogP contribution in [0.5, 0.6) is 0 Å². The lowest BCUT2D eigenvalue weighted by Crippen LogP contribution is -2.42. The number of hydrogen-bond donors (Lipinski definition) is 0. The number of benzene rings is 1. The van der Waals surface area contributed by atoms with Gasteiger partial charge in [-0.1, -0.05) is 50.6 Å². The smallest absolute Gasteiger partial charge is 0.125 e. The van der Waals surface area contributed by atoms with Crippen molar-refractivity contribution in [1.29, 1.82) is 5.26 Å². The second-order valence-electron chi connectivity index (χ2n) is 5.96. The third-order valence-electron chi connectivity index (χ3n) is 4.21. The Labute approximate surface area is 133 Å². The highest BCUT2D eigenvalue weighted by Gasteiger charge is 2.28. The molecule has 3 unspecified atom stereocenters. The van der Waals surface area contributed by atoms with E-state index in [2.05, 4.69) is 32.0 Å². The van der Waals surface area contributed by atoms with Gasteiger partial charge in [0, 0.05) is 6.61 Å². The van der Waals surface area contributed by atoms with E-state index in [1.807, 2.05) is 23.3 Å². The van der Waals surface area contributed by atoms with Gasteiger partial charge in [0.25, 0.3) is 0 Å². The van der Waals surface area contributed by atoms with Crippen LogP contribution in [-0.4, -0.2) is 30.4 Å². The van der Waals surface area contributed by atoms with Gasteiger partial charge in [-0.25, -0.2) is 0 Å². The van der Waals surface area contributed by atoms with Gasteiger partial charge in [-0.05, 0) is 24.3 Å². The van der Waals surface area contributed by atoms with Crippen LogP contribution in [0.3, 0.4) is 0 Å². The van der Waals surface area contributed by atoms with E-state index >= 15 is 0 Å². The summed E-state index contributed by atoms with van der Waals surface area (Å²) in [6.07, 6.45) is 3.01. The van der Waals surface area contributed by atoms with Crippen LogP contribution >= 0.6 is 0 Å². The minimum atomic E-state index is -0.243. The molecule has 2 rings (SSSR count). The zero-order valence-electron chi connectivity index (χ0n) is 13.6. The van der Waals surface area contributed by atoms with Crippen molar-refractivity contribution in [3.63, 3.8) is 0 Å². The summed E-state index contributed by atoms with van der Waals surface area (Å²) in [7, 11) is 0. The van der Waals surface area contributed by atoms with Gasteiger partial charge in [-0.2, -0.15) is 10.3 Å². The molecule has 1 aliphatic rings. The van der Waals surface area contributed by atoms with Gasteiger partial charge in [0.1, 0.15) is 12.1 Å². The van der Waals surface area contributed by atoms with Crippen LogP contribution in [0, 0.1) is 17.2 Å². The average molecular weight is 302 g/mol. The fourth-order valence-corrected chi connectivity index (χ4v) is 2.65. The molecule has 22 heavy (non-hydrogen) atoms. The molecular weight excluding hydrogens is 276 g/mol. The monoisotopic (exact) mass is 302 g/mol. The summed E-state index contributed by atoms with van der Waals surface area (Å²) < 4.78 is 5.50. The predicted molar refractivity (Wildman–Crippen MR) is 85.8 cm³/mol. The topological polar surface area (TPSA) is 45.5 Å². The van der Waals surface area contributed by atoms with E-state index in [1.54, 1.807) is 0 Å². The first-order valence-corrected chi connectivity index (χ1v) is 8.19. The molecule has 4 heteroatoms. The molecule has 0 amide bonds. The Bertz CT molecular complexity index is 466. The van der Waals surface area contributed by atoms with Crippen molar-refractivity contribution in [3.8, 4) is 6.07 Å². The average Bonchev–Trinajstić information content (AvgIpc) is 2.57. The Morgan fingerprint density at radius 3 is 2.77 bits per heavy atom. The molecule has 1 saturated heterocycles. The lowest BCUT2D eigenvalue weighted by Gasteiger charge is -2.34. The quantitative estimate of drug-likeness (QED) is 0.723. The number of nitrogens with zero attached hydrogens (tertiary/aromatic N) is 2. The first kappa shape index (κ1) is 17.0. The largest absolute Gasteiger partial charge is 0.379 e. The predicted octanol–water partition coefficient (Wildman–Crippen LogP) is 3.54. The fraction of sp³-hybridized carbons (Fsp3) is 0.611. The number of rotatable bonds is 7. The molecular formula is C18H26N2O2. The standard InChI is InChI=1S/C18H26N2O2/c1-3-15(2)18(12-19)20(13-16-8-5-4-6-9-16)22-17-10-7-11-21-14-17/h4-6,8-9,15,17-18H,3,7,10-11,13-14H2,1-2H3. The Morgan fingerprint density at radius 2 is 2.18 bits per heavy atom. The molecule has 0 bridgehead atoms. The summed E-state index contributed by atoms with van der Waals surface area (Å²) in [4.78, 5) is 6.16. The Kier molecular flexibility index (Phi) is 6.85. The van der Waals surface area contributed by atoms with Gasteiger partial charge in [-0.3, -0.25) is 4.84 Å². The van der Waals surface area contributed by atoms with Crippen LogP contribution in [0.4, 0.5) is 0 Å². The molecule has 120 valence electrons. The summed E-state index contributed by atoms with van der Waals surface area (Å²) in [5.74, 6) is 0.262. The van der Waals surface area contributed by atoms with Crippen molar-refractivity contribution in [2.75, 3.05) is 13.2 Å². The first-order valence-electron chi connectivity index (χ1n) is 8.19. The van der Waals surface area contributed by atoms with Gasteiger partial charge in [-0.15, -0.1) is 0 Å². The summed E-state index contributed by atoms with van der Waals surface area (Å²) in [5, 5.41) is 11.5. The number of nitriles is 1. The molecule has 3 atom stereocenters. The van der Waals surface area contributed by atoms with E-state index < -0.39 is 0 Å². The highest BCUT2D eigenvalue weighted by Crippen LogP contribution is 2.21. The van der Waals surface area contributed by atoms with Crippen molar-refractivity contribution >= 4 is 0 Å². The maximum atomic E-state index is 9.60. The molecule has 1 heterocycles. The first-order chi connectivity index (χ1) is 10.7. The van der Waals surface area contributed by atoms with E-state index in [1.165, 1.54) is 0 Å². The van der Waals surface area contributed by atoms with E-state index in [-0.39, 0.29) is 18.1 Å². The second-order valence-corrected chi connectivity index (χ2v) is 5.96. The van der Waals surface area contributed by atoms with Gasteiger partial charge < -0.3 is 4.74 Å². The molecule has 0 spiro atoms. The number of hydroxylamine groups is 2. The summed E-state index contributed by atoms with van der Waals surface area (Å²) in [5.41, 5.74) is 1.16. The lowest BCUT2D eigenvalue weighted by molar-refractivity contribution is -0.244. The SMILES string of the molecule is CCC(C)C(C#N)N(Cc1ccccc1)OC1CCCOC1. The normalized spacial score (nSPS) is 21.3. The maximum absolute atomic E-state index is 9.60. The minimum absolute atomic E-state index is 0.0531. The van der Waals surface area contributed by atoms with E-state index in [4.69, 9.17) is 9.57 Å². The molecule has 0 N–H and O–H groups in total. The van der Waals surface area contributed by atoms with Gasteiger partial charge in [0.05, 0.1) is 19.2 Å². The van der Waals surface area contributed by atoms with Gasteiger partial charge in [0.15, 0.2) is 0 Å². The van der Waals surface area contributed by atoms with Crippen LogP contribution in [0.1, 0.15) is 38.7 Å². The highest BCUT2D eigenvalue weighted by molar-refractivity contribution is 5.14. The minimum Gasteiger partial charge on any atom is -0.379 e. The Hall–Kier alpha value is -1.41. The highest BCUT2D eigenvalue weighted by atomic mass is 16.7. The van der Waals surface area contributed by atoms with Gasteiger partial charge in [0.2, 0.25) is 0 Å². The molecule has 0 saturated carbocycles. The third-order valence-corrected chi connectivity index (χ3v) is 4.21. The maximum Gasteiger partial charge on any atom is 0.125 e. The van der Waals surface area contributed by atoms with Crippen LogP contribution in [-0.2, 0) is 16.1 Å².